The highest BCUT2D eigenvalue weighted by Crippen LogP contribution is 2.18. The number of nitrogens with two attached hydrogens (primary N) is 1. The molecule has 1 unspecified atom stereocenters. The van der Waals surface area contributed by atoms with E-state index in [2.05, 4.69) is 22.9 Å². The van der Waals surface area contributed by atoms with Crippen LogP contribution in [0, 0.1) is 0 Å². The molecule has 0 aliphatic heterocycles. The Morgan fingerprint density at radius 2 is 2.00 bits per heavy atom. The fourth-order valence-corrected chi connectivity index (χ4v) is 1.47. The zero-order chi connectivity index (χ0) is 10.4. The van der Waals surface area contributed by atoms with E-state index in [0.29, 0.717) is 0 Å². The predicted octanol–water partition coefficient (Wildman–Crippen LogP) is 2.96. The minimum Gasteiger partial charge on any atom is -0.491 e. The van der Waals surface area contributed by atoms with E-state index in [1.165, 1.54) is 0 Å². The number of ether oxygens (including phenoxy) is 1. The molecule has 0 heterocycles. The van der Waals surface area contributed by atoms with Gasteiger partial charge >= 0.3 is 0 Å². The summed E-state index contributed by atoms with van der Waals surface area (Å²) >= 11 is 3.38. The van der Waals surface area contributed by atoms with Crippen molar-refractivity contribution in [3.05, 3.63) is 28.7 Å². The Morgan fingerprint density at radius 1 is 1.36 bits per heavy atom. The highest BCUT2D eigenvalue weighted by Gasteiger charge is 2.02. The van der Waals surface area contributed by atoms with Gasteiger partial charge in [-0.2, -0.15) is 0 Å². The molecule has 78 valence electrons. The van der Waals surface area contributed by atoms with Crippen molar-refractivity contribution in [2.75, 3.05) is 6.54 Å². The normalized spacial score (nSPS) is 12.5. The van der Waals surface area contributed by atoms with Gasteiger partial charge in [0, 0.05) is 4.47 Å². The predicted molar refractivity (Wildman–Crippen MR) is 62.5 cm³/mol. The van der Waals surface area contributed by atoms with Crippen molar-refractivity contribution in [2.24, 2.45) is 5.73 Å². The molecule has 0 aliphatic rings. The summed E-state index contributed by atoms with van der Waals surface area (Å²) in [6.07, 6.45) is 2.25. The lowest BCUT2D eigenvalue weighted by atomic mass is 10.2. The van der Waals surface area contributed by atoms with Crippen LogP contribution in [-0.4, -0.2) is 12.6 Å². The lowest BCUT2D eigenvalue weighted by molar-refractivity contribution is 0.208. The summed E-state index contributed by atoms with van der Waals surface area (Å²) in [6.45, 7) is 2.80. The highest BCUT2D eigenvalue weighted by atomic mass is 79.9. The van der Waals surface area contributed by atoms with Crippen LogP contribution in [0.5, 0.6) is 5.75 Å². The van der Waals surface area contributed by atoms with Gasteiger partial charge in [0.05, 0.1) is 6.10 Å². The number of hydrogen-bond acceptors (Lipinski definition) is 2. The Bertz CT molecular complexity index is 260. The van der Waals surface area contributed by atoms with Crippen LogP contribution in [-0.2, 0) is 0 Å². The van der Waals surface area contributed by atoms with Crippen LogP contribution in [0.4, 0.5) is 0 Å². The molecule has 0 saturated carbocycles. The number of hydrogen-bond donors (Lipinski definition) is 1. The van der Waals surface area contributed by atoms with Crippen LogP contribution < -0.4 is 10.5 Å². The van der Waals surface area contributed by atoms with Crippen LogP contribution in [0.15, 0.2) is 28.7 Å². The molecule has 1 rings (SSSR count). The van der Waals surface area contributed by atoms with Crippen molar-refractivity contribution in [3.63, 3.8) is 0 Å². The summed E-state index contributed by atoms with van der Waals surface area (Å²) in [6, 6.07) is 7.88. The maximum Gasteiger partial charge on any atom is 0.119 e. The first kappa shape index (κ1) is 11.5. The molecule has 3 heteroatoms. The van der Waals surface area contributed by atoms with Crippen molar-refractivity contribution >= 4 is 15.9 Å². The fraction of sp³-hybridized carbons (Fsp3) is 0.455. The van der Waals surface area contributed by atoms with Gasteiger partial charge in [0.1, 0.15) is 5.75 Å². The van der Waals surface area contributed by atoms with Crippen molar-refractivity contribution in [1.29, 1.82) is 0 Å². The monoisotopic (exact) mass is 257 g/mol. The summed E-state index contributed by atoms with van der Waals surface area (Å²) < 4.78 is 6.76. The van der Waals surface area contributed by atoms with Crippen LogP contribution in [0.2, 0.25) is 0 Å². The van der Waals surface area contributed by atoms with Gasteiger partial charge in [-0.25, -0.2) is 0 Å². The van der Waals surface area contributed by atoms with Crippen molar-refractivity contribution in [2.45, 2.75) is 25.9 Å². The number of halogens is 1. The third-order valence-corrected chi connectivity index (χ3v) is 2.49. The van der Waals surface area contributed by atoms with Crippen molar-refractivity contribution < 1.29 is 4.74 Å². The van der Waals surface area contributed by atoms with Crippen molar-refractivity contribution in [1.82, 2.24) is 0 Å². The van der Waals surface area contributed by atoms with Gasteiger partial charge < -0.3 is 10.5 Å². The zero-order valence-corrected chi connectivity index (χ0v) is 9.96. The van der Waals surface area contributed by atoms with Gasteiger partial charge in [0.15, 0.2) is 0 Å². The summed E-state index contributed by atoms with van der Waals surface area (Å²) in [4.78, 5) is 0. The maximum absolute atomic E-state index is 5.70. The van der Waals surface area contributed by atoms with E-state index in [4.69, 9.17) is 10.5 Å². The minimum absolute atomic E-state index is 0.236. The second-order valence-electron chi connectivity index (χ2n) is 3.31. The molecule has 0 saturated heterocycles. The maximum atomic E-state index is 5.70. The van der Waals surface area contributed by atoms with E-state index in [-0.39, 0.29) is 6.10 Å². The molecule has 0 amide bonds. The summed E-state index contributed by atoms with van der Waals surface area (Å²) in [5.41, 5.74) is 5.43. The van der Waals surface area contributed by atoms with Gasteiger partial charge in [-0.15, -0.1) is 0 Å². The summed E-state index contributed by atoms with van der Waals surface area (Å²) in [7, 11) is 0. The van der Waals surface area contributed by atoms with E-state index in [0.717, 1.165) is 29.6 Å². The molecule has 0 aromatic heterocycles. The lowest BCUT2D eigenvalue weighted by Gasteiger charge is -2.13. The Hall–Kier alpha value is -0.540. The van der Waals surface area contributed by atoms with Gasteiger partial charge in [0.25, 0.3) is 0 Å². The molecule has 0 bridgehead atoms. The average molecular weight is 258 g/mol. The molecule has 1 atom stereocenters. The first-order valence-electron chi connectivity index (χ1n) is 4.84. The molecule has 0 aliphatic carbocycles. The van der Waals surface area contributed by atoms with Gasteiger partial charge in [-0.05, 0) is 50.6 Å². The molecule has 0 spiro atoms. The van der Waals surface area contributed by atoms with E-state index in [9.17, 15) is 0 Å². The smallest absolute Gasteiger partial charge is 0.119 e. The van der Waals surface area contributed by atoms with Crippen molar-refractivity contribution in [3.8, 4) is 5.75 Å². The van der Waals surface area contributed by atoms with Crippen LogP contribution in [0.3, 0.4) is 0 Å². The topological polar surface area (TPSA) is 35.2 Å². The minimum atomic E-state index is 0.236. The molecule has 2 N–H and O–H groups in total. The van der Waals surface area contributed by atoms with E-state index in [1.54, 1.807) is 0 Å². The average Bonchev–Trinajstić information content (AvgIpc) is 2.18. The van der Waals surface area contributed by atoms with Crippen LogP contribution in [0.1, 0.15) is 19.8 Å². The summed E-state index contributed by atoms with van der Waals surface area (Å²) in [5.74, 6) is 0.915. The van der Waals surface area contributed by atoms with Crippen LogP contribution >= 0.6 is 15.9 Å². The Balaban J connectivity index is 2.39. The van der Waals surface area contributed by atoms with Gasteiger partial charge in [-0.1, -0.05) is 15.9 Å². The quantitative estimate of drug-likeness (QED) is 0.881. The number of rotatable bonds is 5. The second kappa shape index (κ2) is 6.04. The molecular formula is C11H16BrNO. The first-order valence-corrected chi connectivity index (χ1v) is 5.64. The molecule has 1 aromatic carbocycles. The molecule has 0 radical (unpaired) electrons. The summed E-state index contributed by atoms with van der Waals surface area (Å²) in [5, 5.41) is 0. The van der Waals surface area contributed by atoms with Gasteiger partial charge in [0.2, 0.25) is 0 Å². The van der Waals surface area contributed by atoms with E-state index in [1.807, 2.05) is 24.3 Å². The first-order chi connectivity index (χ1) is 6.72. The molecule has 1 aromatic rings. The zero-order valence-electron chi connectivity index (χ0n) is 8.37. The number of benzene rings is 1. The Labute approximate surface area is 93.6 Å². The molecule has 2 nitrogen and oxygen atoms in total. The largest absolute Gasteiger partial charge is 0.491 e. The third kappa shape index (κ3) is 4.11. The Kier molecular flexibility index (Phi) is 4.98. The van der Waals surface area contributed by atoms with E-state index >= 15 is 0 Å². The SMILES string of the molecule is CC(CCCN)Oc1ccc(Br)cc1. The Morgan fingerprint density at radius 3 is 2.57 bits per heavy atom. The third-order valence-electron chi connectivity index (χ3n) is 1.97. The van der Waals surface area contributed by atoms with Crippen LogP contribution in [0.25, 0.3) is 0 Å². The standard InChI is InChI=1S/C11H16BrNO/c1-9(3-2-8-13)14-11-6-4-10(12)5-7-11/h4-7,9H,2-3,8,13H2,1H3. The molecule has 0 fully saturated rings. The molecule has 14 heavy (non-hydrogen) atoms. The molecular weight excluding hydrogens is 242 g/mol. The van der Waals surface area contributed by atoms with Gasteiger partial charge in [-0.3, -0.25) is 0 Å². The highest BCUT2D eigenvalue weighted by molar-refractivity contribution is 9.10. The lowest BCUT2D eigenvalue weighted by Crippen LogP contribution is -2.13. The van der Waals surface area contributed by atoms with E-state index < -0.39 is 0 Å². The second-order valence-corrected chi connectivity index (χ2v) is 4.23. The fourth-order valence-electron chi connectivity index (χ4n) is 1.21.